The smallest absolute Gasteiger partial charge is 0.0456 e. The second kappa shape index (κ2) is 19.0. The lowest BCUT2D eigenvalue weighted by atomic mass is 9.83. The molecule has 0 spiro atoms. The number of allylic oxidation sites excluding steroid dienone is 2. The number of para-hydroxylation sites is 1. The molecule has 5 aromatic rings. The van der Waals surface area contributed by atoms with Crippen LogP contribution in [-0.4, -0.2) is 9.97 Å². The standard InChI is InChI=1S/C13H16.C12H15N.C11H16.C8H13N.C7H16/c1-13(2,3)12-9-8-10-6-4-5-7-11(10)12;1-12(2,3)10-8-13-11-7-5-4-6-9(10)11;1-9-5-7-10(8-6-9)11(2,3)4;1-8(2,3)7-4-5-9-6-7;1-5-6-7(2,3)4/h4-7,9H,8H2,1-3H3;4-8,13H,1-3H3;5-8H,1-4H3;4-6,9H,1-3H3;5-6H2,1-4H3. The normalized spacial score (nSPS) is 12.8. The molecule has 1 aliphatic carbocycles. The third-order valence-corrected chi connectivity index (χ3v) is 9.42. The second-order valence-corrected chi connectivity index (χ2v) is 20.0. The molecule has 290 valence electrons. The Morgan fingerprint density at radius 2 is 1.13 bits per heavy atom. The van der Waals surface area contributed by atoms with Crippen LogP contribution < -0.4 is 0 Å². The summed E-state index contributed by atoms with van der Waals surface area (Å²) in [6.07, 6.45) is 12.2. The van der Waals surface area contributed by atoms with E-state index in [1.807, 2.05) is 12.4 Å². The fourth-order valence-corrected chi connectivity index (χ4v) is 6.28. The summed E-state index contributed by atoms with van der Waals surface area (Å²) in [4.78, 5) is 6.33. The highest BCUT2D eigenvalue weighted by Crippen LogP contribution is 2.39. The molecule has 2 heteroatoms. The number of aromatic amines is 2. The summed E-state index contributed by atoms with van der Waals surface area (Å²) in [5, 5.41) is 1.34. The molecule has 0 saturated heterocycles. The lowest BCUT2D eigenvalue weighted by molar-refractivity contribution is 0.373. The Hall–Kier alpha value is -3.78. The maximum atomic E-state index is 3.29. The van der Waals surface area contributed by atoms with Crippen molar-refractivity contribution in [1.82, 2.24) is 9.97 Å². The lowest BCUT2D eigenvalue weighted by Crippen LogP contribution is -2.10. The Morgan fingerprint density at radius 1 is 0.566 bits per heavy atom. The fourth-order valence-electron chi connectivity index (χ4n) is 6.28. The van der Waals surface area contributed by atoms with Crippen LogP contribution in [0, 0.1) is 17.8 Å². The van der Waals surface area contributed by atoms with Crippen LogP contribution in [0.4, 0.5) is 0 Å². The molecule has 0 aliphatic heterocycles. The first-order chi connectivity index (χ1) is 24.3. The molecule has 2 N–H and O–H groups in total. The SMILES string of the molecule is CC(C)(C)C1=CCc2ccccc21.CC(C)(C)c1c[nH]c2ccccc12.CC(C)(C)c1cc[nH]c1.CCCC(C)(C)C.Cc1ccc(C(C)(C)C)cc1. The largest absolute Gasteiger partial charge is 0.367 e. The van der Waals surface area contributed by atoms with Gasteiger partial charge >= 0.3 is 0 Å². The van der Waals surface area contributed by atoms with E-state index in [4.69, 9.17) is 0 Å². The van der Waals surface area contributed by atoms with Crippen LogP contribution in [0.2, 0.25) is 0 Å². The van der Waals surface area contributed by atoms with E-state index in [1.165, 1.54) is 62.7 Å². The summed E-state index contributed by atoms with van der Waals surface area (Å²) in [6.45, 7) is 38.0. The average Bonchev–Trinajstić information content (AvgIpc) is 3.81. The molecule has 2 nitrogen and oxygen atoms in total. The van der Waals surface area contributed by atoms with E-state index >= 15 is 0 Å². The third-order valence-electron chi connectivity index (χ3n) is 9.42. The summed E-state index contributed by atoms with van der Waals surface area (Å²) in [6, 6.07) is 28.0. The van der Waals surface area contributed by atoms with Crippen molar-refractivity contribution in [3.63, 3.8) is 0 Å². The summed E-state index contributed by atoms with van der Waals surface area (Å²) in [5.41, 5.74) is 12.8. The van der Waals surface area contributed by atoms with E-state index in [-0.39, 0.29) is 16.2 Å². The van der Waals surface area contributed by atoms with Gasteiger partial charge in [-0.15, -0.1) is 0 Å². The Morgan fingerprint density at radius 3 is 1.58 bits per heavy atom. The zero-order valence-corrected chi connectivity index (χ0v) is 36.9. The van der Waals surface area contributed by atoms with Crippen molar-refractivity contribution >= 4 is 16.5 Å². The molecule has 2 aromatic heterocycles. The predicted octanol–water partition coefficient (Wildman–Crippen LogP) is 15.6. The maximum absolute atomic E-state index is 3.29. The number of aromatic nitrogens is 2. The number of H-pyrrole nitrogens is 2. The van der Waals surface area contributed by atoms with Crippen molar-refractivity contribution in [2.24, 2.45) is 10.8 Å². The van der Waals surface area contributed by atoms with Gasteiger partial charge < -0.3 is 9.97 Å². The van der Waals surface area contributed by atoms with Gasteiger partial charge in [0.25, 0.3) is 0 Å². The molecule has 2 heterocycles. The molecule has 0 radical (unpaired) electrons. The molecular formula is C51H76N2. The van der Waals surface area contributed by atoms with E-state index in [1.54, 1.807) is 0 Å². The third kappa shape index (κ3) is 15.6. The second-order valence-electron chi connectivity index (χ2n) is 20.0. The number of nitrogens with one attached hydrogen (secondary N) is 2. The molecule has 3 aromatic carbocycles. The van der Waals surface area contributed by atoms with Gasteiger partial charge in [-0.05, 0) is 92.4 Å². The van der Waals surface area contributed by atoms with E-state index < -0.39 is 0 Å². The summed E-state index contributed by atoms with van der Waals surface area (Å²) < 4.78 is 0. The first-order valence-electron chi connectivity index (χ1n) is 19.9. The molecule has 6 rings (SSSR count). The number of rotatable bonds is 1. The van der Waals surface area contributed by atoms with Crippen LogP contribution in [0.15, 0.2) is 104 Å². The van der Waals surface area contributed by atoms with E-state index in [0.29, 0.717) is 10.8 Å². The molecule has 0 amide bonds. The average molecular weight is 717 g/mol. The van der Waals surface area contributed by atoms with Crippen LogP contribution >= 0.6 is 0 Å². The summed E-state index contributed by atoms with van der Waals surface area (Å²) in [7, 11) is 0. The predicted molar refractivity (Wildman–Crippen MR) is 238 cm³/mol. The van der Waals surface area contributed by atoms with Crippen molar-refractivity contribution in [3.05, 3.63) is 137 Å². The van der Waals surface area contributed by atoms with Crippen molar-refractivity contribution in [2.45, 2.75) is 153 Å². The van der Waals surface area contributed by atoms with Crippen LogP contribution in [0.3, 0.4) is 0 Å². The molecule has 0 unspecified atom stereocenters. The minimum absolute atomic E-state index is 0.222. The molecule has 0 bridgehead atoms. The zero-order chi connectivity index (χ0) is 40.3. The van der Waals surface area contributed by atoms with Crippen LogP contribution in [-0.2, 0) is 22.7 Å². The van der Waals surface area contributed by atoms with Crippen LogP contribution in [0.25, 0.3) is 16.5 Å². The Balaban J connectivity index is 0.000000233. The van der Waals surface area contributed by atoms with Gasteiger partial charge in [-0.1, -0.05) is 196 Å². The van der Waals surface area contributed by atoms with Gasteiger partial charge in [0.2, 0.25) is 0 Å². The first-order valence-corrected chi connectivity index (χ1v) is 19.9. The lowest BCUT2D eigenvalue weighted by Gasteiger charge is -2.21. The van der Waals surface area contributed by atoms with E-state index in [2.05, 4.69) is 219 Å². The van der Waals surface area contributed by atoms with Gasteiger partial charge in [0.1, 0.15) is 0 Å². The molecular weight excluding hydrogens is 641 g/mol. The number of fused-ring (bicyclic) bond motifs is 2. The monoisotopic (exact) mass is 717 g/mol. The van der Waals surface area contributed by atoms with E-state index in [0.717, 1.165) is 6.42 Å². The number of aryl methyl sites for hydroxylation is 1. The van der Waals surface area contributed by atoms with Gasteiger partial charge in [-0.3, -0.25) is 0 Å². The van der Waals surface area contributed by atoms with Gasteiger partial charge in [-0.2, -0.15) is 0 Å². The highest BCUT2D eigenvalue weighted by Gasteiger charge is 2.23. The summed E-state index contributed by atoms with van der Waals surface area (Å²) in [5.74, 6) is 0. The molecule has 0 saturated carbocycles. The quantitative estimate of drug-likeness (QED) is 0.173. The summed E-state index contributed by atoms with van der Waals surface area (Å²) >= 11 is 0. The number of hydrogen-bond acceptors (Lipinski definition) is 0. The molecule has 53 heavy (non-hydrogen) atoms. The Labute approximate surface area is 326 Å². The highest BCUT2D eigenvalue weighted by atomic mass is 14.7. The van der Waals surface area contributed by atoms with E-state index in [9.17, 15) is 0 Å². The topological polar surface area (TPSA) is 31.6 Å². The molecule has 0 fully saturated rings. The van der Waals surface area contributed by atoms with Gasteiger partial charge in [-0.25, -0.2) is 0 Å². The van der Waals surface area contributed by atoms with Crippen molar-refractivity contribution in [2.75, 3.05) is 0 Å². The van der Waals surface area contributed by atoms with Gasteiger partial charge in [0.05, 0.1) is 0 Å². The highest BCUT2D eigenvalue weighted by molar-refractivity contribution is 5.84. The van der Waals surface area contributed by atoms with Crippen molar-refractivity contribution < 1.29 is 0 Å². The number of benzene rings is 3. The first kappa shape index (κ1) is 45.4. The Kier molecular flexibility index (Phi) is 16.3. The van der Waals surface area contributed by atoms with Crippen molar-refractivity contribution in [3.8, 4) is 0 Å². The zero-order valence-electron chi connectivity index (χ0n) is 36.9. The van der Waals surface area contributed by atoms with Crippen LogP contribution in [0.1, 0.15) is 157 Å². The Bertz CT molecular complexity index is 1790. The van der Waals surface area contributed by atoms with Gasteiger partial charge in [0.15, 0.2) is 0 Å². The van der Waals surface area contributed by atoms with Crippen LogP contribution in [0.5, 0.6) is 0 Å². The maximum Gasteiger partial charge on any atom is 0.0456 e. The fraction of sp³-hybridized carbons (Fsp3) is 0.490. The molecule has 1 aliphatic rings. The minimum Gasteiger partial charge on any atom is -0.367 e. The van der Waals surface area contributed by atoms with Gasteiger partial charge in [0, 0.05) is 29.5 Å². The molecule has 0 atom stereocenters. The van der Waals surface area contributed by atoms with Crippen molar-refractivity contribution in [1.29, 1.82) is 0 Å². The number of hydrogen-bond donors (Lipinski definition) is 2. The minimum atomic E-state index is 0.222.